The van der Waals surface area contributed by atoms with Crippen molar-refractivity contribution in [3.63, 3.8) is 0 Å². The van der Waals surface area contributed by atoms with Crippen LogP contribution in [-0.4, -0.2) is 24.8 Å². The van der Waals surface area contributed by atoms with E-state index in [1.165, 1.54) is 7.11 Å². The fraction of sp³-hybridized carbons (Fsp3) is 0.385. The van der Waals surface area contributed by atoms with Crippen LogP contribution in [0.3, 0.4) is 0 Å². The molecule has 0 heterocycles. The Bertz CT molecular complexity index is 494. The Hall–Kier alpha value is -1.31. The standard InChI is InChI=1S/C13H16INO4/c1-13(2,3)19-12(17)15-10-7-8(11(16)18-4)5-6-9(10)14/h5-7H,1-4H3,(H,15,17). The smallest absolute Gasteiger partial charge is 0.412 e. The van der Waals surface area contributed by atoms with Gasteiger partial charge in [0.2, 0.25) is 0 Å². The van der Waals surface area contributed by atoms with Crippen molar-refractivity contribution in [3.05, 3.63) is 27.3 Å². The van der Waals surface area contributed by atoms with Crippen molar-refractivity contribution in [1.82, 2.24) is 0 Å². The van der Waals surface area contributed by atoms with Crippen molar-refractivity contribution >= 4 is 40.3 Å². The highest BCUT2D eigenvalue weighted by atomic mass is 127. The van der Waals surface area contributed by atoms with Gasteiger partial charge in [-0.1, -0.05) is 0 Å². The lowest BCUT2D eigenvalue weighted by atomic mass is 10.2. The van der Waals surface area contributed by atoms with Gasteiger partial charge in [-0.2, -0.15) is 0 Å². The van der Waals surface area contributed by atoms with E-state index >= 15 is 0 Å². The Morgan fingerprint density at radius 1 is 1.26 bits per heavy atom. The fourth-order valence-corrected chi connectivity index (χ4v) is 1.75. The van der Waals surface area contributed by atoms with E-state index in [1.54, 1.807) is 39.0 Å². The summed E-state index contributed by atoms with van der Waals surface area (Å²) < 4.78 is 10.6. The predicted octanol–water partition coefficient (Wildman–Crippen LogP) is 3.42. The normalized spacial score (nSPS) is 10.8. The number of benzene rings is 1. The van der Waals surface area contributed by atoms with E-state index < -0.39 is 17.7 Å². The number of methoxy groups -OCH3 is 1. The van der Waals surface area contributed by atoms with Gasteiger partial charge in [-0.25, -0.2) is 9.59 Å². The summed E-state index contributed by atoms with van der Waals surface area (Å²) in [6.07, 6.45) is -0.563. The van der Waals surface area contributed by atoms with Gasteiger partial charge in [0.25, 0.3) is 0 Å². The molecular formula is C13H16INO4. The fourth-order valence-electron chi connectivity index (χ4n) is 1.28. The minimum atomic E-state index is -0.574. The molecule has 0 aliphatic rings. The summed E-state index contributed by atoms with van der Waals surface area (Å²) in [4.78, 5) is 23.1. The molecule has 5 nitrogen and oxygen atoms in total. The maximum atomic E-state index is 11.7. The van der Waals surface area contributed by atoms with Gasteiger partial charge in [0.05, 0.1) is 18.4 Å². The van der Waals surface area contributed by atoms with Crippen LogP contribution in [0.1, 0.15) is 31.1 Å². The van der Waals surface area contributed by atoms with Crippen molar-refractivity contribution in [2.24, 2.45) is 0 Å². The van der Waals surface area contributed by atoms with Crippen molar-refractivity contribution in [2.45, 2.75) is 26.4 Å². The molecule has 104 valence electrons. The molecule has 0 aromatic heterocycles. The van der Waals surface area contributed by atoms with Gasteiger partial charge < -0.3 is 9.47 Å². The minimum absolute atomic E-state index is 0.369. The number of hydrogen-bond donors (Lipinski definition) is 1. The van der Waals surface area contributed by atoms with Gasteiger partial charge in [-0.15, -0.1) is 0 Å². The number of hydrogen-bond acceptors (Lipinski definition) is 4. The van der Waals surface area contributed by atoms with Crippen molar-refractivity contribution in [2.75, 3.05) is 12.4 Å². The first-order valence-electron chi connectivity index (χ1n) is 5.61. The molecule has 0 fully saturated rings. The third kappa shape index (κ3) is 5.06. The van der Waals surface area contributed by atoms with E-state index in [-0.39, 0.29) is 0 Å². The minimum Gasteiger partial charge on any atom is -0.465 e. The quantitative estimate of drug-likeness (QED) is 0.634. The van der Waals surface area contributed by atoms with E-state index in [0.717, 1.165) is 3.57 Å². The lowest BCUT2D eigenvalue weighted by Crippen LogP contribution is -2.27. The van der Waals surface area contributed by atoms with E-state index in [1.807, 2.05) is 0 Å². The molecule has 1 N–H and O–H groups in total. The third-order valence-electron chi connectivity index (χ3n) is 2.02. The molecule has 0 saturated heterocycles. The summed E-state index contributed by atoms with van der Waals surface area (Å²) >= 11 is 2.06. The molecule has 1 aromatic rings. The number of carbonyl (C=O) groups excluding carboxylic acids is 2. The molecule has 0 unspecified atom stereocenters. The number of amides is 1. The zero-order valence-corrected chi connectivity index (χ0v) is 13.4. The van der Waals surface area contributed by atoms with Crippen LogP contribution in [0.2, 0.25) is 0 Å². The molecule has 0 spiro atoms. The lowest BCUT2D eigenvalue weighted by molar-refractivity contribution is 0.0596. The SMILES string of the molecule is COC(=O)c1ccc(I)c(NC(=O)OC(C)(C)C)c1. The van der Waals surface area contributed by atoms with E-state index in [9.17, 15) is 9.59 Å². The van der Waals surface area contributed by atoms with Crippen molar-refractivity contribution in [3.8, 4) is 0 Å². The zero-order chi connectivity index (χ0) is 14.6. The Morgan fingerprint density at radius 3 is 2.42 bits per heavy atom. The highest BCUT2D eigenvalue weighted by Crippen LogP contribution is 2.21. The number of anilines is 1. The lowest BCUT2D eigenvalue weighted by Gasteiger charge is -2.20. The monoisotopic (exact) mass is 377 g/mol. The van der Waals surface area contributed by atoms with Crippen LogP contribution >= 0.6 is 22.6 Å². The molecular weight excluding hydrogens is 361 g/mol. The van der Waals surface area contributed by atoms with Gasteiger partial charge in [0.15, 0.2) is 0 Å². The molecule has 1 rings (SSSR count). The number of ether oxygens (including phenoxy) is 2. The first kappa shape index (κ1) is 15.7. The number of halogens is 1. The second-order valence-corrected chi connectivity index (χ2v) is 5.98. The van der Waals surface area contributed by atoms with E-state index in [4.69, 9.17) is 4.74 Å². The van der Waals surface area contributed by atoms with Crippen LogP contribution in [0.5, 0.6) is 0 Å². The maximum absolute atomic E-state index is 11.7. The second kappa shape index (κ2) is 6.23. The number of carbonyl (C=O) groups is 2. The topological polar surface area (TPSA) is 64.6 Å². The Morgan fingerprint density at radius 2 is 1.89 bits per heavy atom. The largest absolute Gasteiger partial charge is 0.465 e. The molecule has 0 saturated carbocycles. The summed E-state index contributed by atoms with van der Waals surface area (Å²) in [5, 5.41) is 2.61. The molecule has 19 heavy (non-hydrogen) atoms. The summed E-state index contributed by atoms with van der Waals surface area (Å²) in [5.74, 6) is -0.455. The van der Waals surface area contributed by atoms with Crippen LogP contribution in [0, 0.1) is 3.57 Å². The summed E-state index contributed by atoms with van der Waals surface area (Å²) in [5.41, 5.74) is 0.307. The second-order valence-electron chi connectivity index (χ2n) is 4.81. The summed E-state index contributed by atoms with van der Waals surface area (Å²) in [6, 6.07) is 4.91. The molecule has 0 aliphatic heterocycles. The van der Waals surface area contributed by atoms with Crippen LogP contribution in [0.25, 0.3) is 0 Å². The van der Waals surface area contributed by atoms with Crippen LogP contribution in [0.15, 0.2) is 18.2 Å². The molecule has 0 radical (unpaired) electrons. The number of rotatable bonds is 2. The first-order valence-corrected chi connectivity index (χ1v) is 6.68. The molecule has 6 heteroatoms. The van der Waals surface area contributed by atoms with Crippen molar-refractivity contribution in [1.29, 1.82) is 0 Å². The van der Waals surface area contributed by atoms with Crippen LogP contribution in [-0.2, 0) is 9.47 Å². The number of nitrogens with one attached hydrogen (secondary N) is 1. The van der Waals surface area contributed by atoms with Crippen LogP contribution in [0.4, 0.5) is 10.5 Å². The highest BCUT2D eigenvalue weighted by molar-refractivity contribution is 14.1. The van der Waals surface area contributed by atoms with Gasteiger partial charge in [0.1, 0.15) is 5.60 Å². The Labute approximate surface area is 125 Å². The summed E-state index contributed by atoms with van der Waals surface area (Å²) in [7, 11) is 1.31. The number of esters is 1. The maximum Gasteiger partial charge on any atom is 0.412 e. The molecule has 0 atom stereocenters. The predicted molar refractivity (Wildman–Crippen MR) is 80.4 cm³/mol. The van der Waals surface area contributed by atoms with Gasteiger partial charge in [-0.3, -0.25) is 5.32 Å². The first-order chi connectivity index (χ1) is 8.73. The van der Waals surface area contributed by atoms with E-state index in [2.05, 4.69) is 32.6 Å². The van der Waals surface area contributed by atoms with Gasteiger partial charge >= 0.3 is 12.1 Å². The molecule has 0 aliphatic carbocycles. The van der Waals surface area contributed by atoms with Gasteiger partial charge in [0, 0.05) is 3.57 Å². The molecule has 1 amide bonds. The summed E-state index contributed by atoms with van der Waals surface area (Å²) in [6.45, 7) is 5.34. The Kier molecular flexibility index (Phi) is 5.16. The van der Waals surface area contributed by atoms with Gasteiger partial charge in [-0.05, 0) is 61.6 Å². The van der Waals surface area contributed by atoms with E-state index in [0.29, 0.717) is 11.3 Å². The Balaban J connectivity index is 2.88. The zero-order valence-electron chi connectivity index (χ0n) is 11.2. The van der Waals surface area contributed by atoms with Crippen LogP contribution < -0.4 is 5.32 Å². The highest BCUT2D eigenvalue weighted by Gasteiger charge is 2.17. The third-order valence-corrected chi connectivity index (χ3v) is 2.96. The molecule has 1 aromatic carbocycles. The van der Waals surface area contributed by atoms with Crippen molar-refractivity contribution < 1.29 is 19.1 Å². The average molecular weight is 377 g/mol. The molecule has 0 bridgehead atoms. The average Bonchev–Trinajstić information content (AvgIpc) is 2.28.